The van der Waals surface area contributed by atoms with Crippen LogP contribution in [-0.4, -0.2) is 15.7 Å². The molecule has 0 aliphatic rings. The fourth-order valence-electron chi connectivity index (χ4n) is 2.83. The largest absolute Gasteiger partial charge is 0.484 e. The number of hydrogen-bond acceptors (Lipinski definition) is 4. The Kier molecular flexibility index (Phi) is 6.83. The zero-order chi connectivity index (χ0) is 22.7. The summed E-state index contributed by atoms with van der Waals surface area (Å²) in [7, 11) is 0. The van der Waals surface area contributed by atoms with Crippen LogP contribution in [-0.2, 0) is 13.2 Å². The first-order valence-electron chi connectivity index (χ1n) is 9.33. The lowest BCUT2D eigenvalue weighted by Gasteiger charge is -2.07. The van der Waals surface area contributed by atoms with Crippen LogP contribution < -0.4 is 10.1 Å². The molecule has 0 bridgehead atoms. The molecule has 2 aromatic carbocycles. The molecule has 4 aromatic rings. The molecule has 2 aromatic heterocycles. The van der Waals surface area contributed by atoms with Gasteiger partial charge in [0.1, 0.15) is 29.0 Å². The van der Waals surface area contributed by atoms with Crippen molar-refractivity contribution < 1.29 is 18.3 Å². The topological polar surface area (TPSA) is 69.3 Å². The number of benzene rings is 2. The highest BCUT2D eigenvalue weighted by atomic mass is 79.9. The van der Waals surface area contributed by atoms with Crippen molar-refractivity contribution in [3.63, 3.8) is 0 Å². The van der Waals surface area contributed by atoms with E-state index in [2.05, 4.69) is 26.3 Å². The van der Waals surface area contributed by atoms with Crippen LogP contribution >= 0.6 is 39.1 Å². The number of nitrogens with zero attached hydrogens (tertiary/aromatic N) is 2. The standard InChI is InChI=1S/C22H15BrCl2FN3O3/c23-16-11-29(10-13-4-6-14(26)7-5-13)28-21(16)27-22(30)19-9-8-15(32-19)12-31-18-3-1-2-17(24)20(18)25/h1-9,11H,10,12H2,(H,27,28,30). The van der Waals surface area contributed by atoms with Gasteiger partial charge < -0.3 is 14.5 Å². The molecular formula is C22H15BrCl2FN3O3. The molecular weight excluding hydrogens is 524 g/mol. The number of ether oxygens (including phenoxy) is 1. The van der Waals surface area contributed by atoms with Crippen molar-refractivity contribution in [2.75, 3.05) is 5.32 Å². The van der Waals surface area contributed by atoms with Gasteiger partial charge in [0, 0.05) is 6.20 Å². The number of aromatic nitrogens is 2. The molecule has 0 atom stereocenters. The van der Waals surface area contributed by atoms with E-state index >= 15 is 0 Å². The van der Waals surface area contributed by atoms with E-state index < -0.39 is 5.91 Å². The summed E-state index contributed by atoms with van der Waals surface area (Å²) >= 11 is 15.4. The fourth-order valence-corrected chi connectivity index (χ4v) is 3.59. The van der Waals surface area contributed by atoms with Crippen LogP contribution in [0.5, 0.6) is 5.75 Å². The highest BCUT2D eigenvalue weighted by Crippen LogP contribution is 2.32. The molecule has 0 aliphatic heterocycles. The lowest BCUT2D eigenvalue weighted by molar-refractivity contribution is 0.0992. The van der Waals surface area contributed by atoms with Gasteiger partial charge >= 0.3 is 0 Å². The fraction of sp³-hybridized carbons (Fsp3) is 0.0909. The third-order valence-electron chi connectivity index (χ3n) is 4.38. The molecule has 1 amide bonds. The maximum atomic E-state index is 13.1. The summed E-state index contributed by atoms with van der Waals surface area (Å²) in [5.74, 6) is 0.508. The van der Waals surface area contributed by atoms with Gasteiger partial charge in [0.25, 0.3) is 5.91 Å². The van der Waals surface area contributed by atoms with Crippen LogP contribution in [0, 0.1) is 5.82 Å². The van der Waals surface area contributed by atoms with Crippen LogP contribution in [0.25, 0.3) is 0 Å². The smallest absolute Gasteiger partial charge is 0.292 e. The van der Waals surface area contributed by atoms with E-state index in [1.54, 1.807) is 47.3 Å². The number of rotatable bonds is 7. The van der Waals surface area contributed by atoms with Gasteiger partial charge in [0.15, 0.2) is 11.6 Å². The van der Waals surface area contributed by atoms with Crippen molar-refractivity contribution in [3.8, 4) is 5.75 Å². The highest BCUT2D eigenvalue weighted by Gasteiger charge is 2.16. The highest BCUT2D eigenvalue weighted by molar-refractivity contribution is 9.10. The first-order chi connectivity index (χ1) is 15.4. The summed E-state index contributed by atoms with van der Waals surface area (Å²) in [6.45, 7) is 0.492. The molecule has 2 heterocycles. The van der Waals surface area contributed by atoms with Crippen LogP contribution in [0.4, 0.5) is 10.2 Å². The Morgan fingerprint density at radius 3 is 2.72 bits per heavy atom. The molecule has 0 saturated carbocycles. The molecule has 0 spiro atoms. The summed E-state index contributed by atoms with van der Waals surface area (Å²) in [6.07, 6.45) is 1.72. The summed E-state index contributed by atoms with van der Waals surface area (Å²) < 4.78 is 26.5. The van der Waals surface area contributed by atoms with Crippen molar-refractivity contribution in [1.29, 1.82) is 0 Å². The van der Waals surface area contributed by atoms with Gasteiger partial charge in [0.05, 0.1) is 16.0 Å². The minimum Gasteiger partial charge on any atom is -0.484 e. The molecule has 0 unspecified atom stereocenters. The first-order valence-corrected chi connectivity index (χ1v) is 10.9. The number of carbonyl (C=O) groups excluding carboxylic acids is 1. The van der Waals surface area contributed by atoms with E-state index in [0.717, 1.165) is 5.56 Å². The summed E-state index contributed by atoms with van der Waals surface area (Å²) in [5.41, 5.74) is 0.870. The number of carbonyl (C=O) groups is 1. The third kappa shape index (κ3) is 5.32. The second-order valence-electron chi connectivity index (χ2n) is 6.71. The van der Waals surface area contributed by atoms with Crippen molar-refractivity contribution in [2.24, 2.45) is 0 Å². The van der Waals surface area contributed by atoms with E-state index in [9.17, 15) is 9.18 Å². The number of nitrogens with one attached hydrogen (secondary N) is 1. The second-order valence-corrected chi connectivity index (χ2v) is 8.35. The van der Waals surface area contributed by atoms with Gasteiger partial charge in [-0.2, -0.15) is 5.10 Å². The number of hydrogen-bond donors (Lipinski definition) is 1. The summed E-state index contributed by atoms with van der Waals surface area (Å²) in [4.78, 5) is 12.6. The zero-order valence-corrected chi connectivity index (χ0v) is 19.4. The molecule has 4 rings (SSSR count). The van der Waals surface area contributed by atoms with Crippen molar-refractivity contribution in [2.45, 2.75) is 13.2 Å². The predicted molar refractivity (Wildman–Crippen MR) is 123 cm³/mol. The summed E-state index contributed by atoms with van der Waals surface area (Å²) in [6, 6.07) is 14.3. The Labute approximate surface area is 201 Å². The van der Waals surface area contributed by atoms with E-state index in [0.29, 0.717) is 38.4 Å². The van der Waals surface area contributed by atoms with E-state index in [1.165, 1.54) is 18.2 Å². The lowest BCUT2D eigenvalue weighted by atomic mass is 10.2. The molecule has 0 radical (unpaired) electrons. The lowest BCUT2D eigenvalue weighted by Crippen LogP contribution is -2.12. The van der Waals surface area contributed by atoms with Crippen LogP contribution in [0.15, 0.2) is 69.7 Å². The predicted octanol–water partition coefficient (Wildman–Crippen LogP) is 6.56. The molecule has 6 nitrogen and oxygen atoms in total. The minimum absolute atomic E-state index is 0.0728. The monoisotopic (exact) mass is 537 g/mol. The van der Waals surface area contributed by atoms with E-state index in [-0.39, 0.29) is 18.2 Å². The van der Waals surface area contributed by atoms with Gasteiger partial charge in [-0.05, 0) is 57.9 Å². The average molecular weight is 539 g/mol. The Hall–Kier alpha value is -2.81. The van der Waals surface area contributed by atoms with Crippen LogP contribution in [0.2, 0.25) is 10.0 Å². The Bertz CT molecular complexity index is 1260. The quantitative estimate of drug-likeness (QED) is 0.289. The number of halogens is 4. The summed E-state index contributed by atoms with van der Waals surface area (Å²) in [5, 5.41) is 7.73. The molecule has 32 heavy (non-hydrogen) atoms. The minimum atomic E-state index is -0.468. The maximum Gasteiger partial charge on any atom is 0.292 e. The second kappa shape index (κ2) is 9.77. The Morgan fingerprint density at radius 2 is 1.94 bits per heavy atom. The molecule has 1 N–H and O–H groups in total. The van der Waals surface area contributed by atoms with Gasteiger partial charge in [0.2, 0.25) is 0 Å². The molecule has 10 heteroatoms. The van der Waals surface area contributed by atoms with Crippen molar-refractivity contribution >= 4 is 50.9 Å². The molecule has 0 fully saturated rings. The number of amides is 1. The number of anilines is 1. The zero-order valence-electron chi connectivity index (χ0n) is 16.3. The maximum absolute atomic E-state index is 13.1. The van der Waals surface area contributed by atoms with E-state index in [1.807, 2.05) is 0 Å². The Balaban J connectivity index is 1.38. The normalized spacial score (nSPS) is 10.9. The molecule has 0 aliphatic carbocycles. The van der Waals surface area contributed by atoms with Crippen LogP contribution in [0.1, 0.15) is 21.9 Å². The van der Waals surface area contributed by atoms with Crippen molar-refractivity contribution in [1.82, 2.24) is 9.78 Å². The number of furan rings is 1. The molecule has 164 valence electrons. The van der Waals surface area contributed by atoms with Crippen molar-refractivity contribution in [3.05, 3.63) is 98.2 Å². The van der Waals surface area contributed by atoms with Gasteiger partial charge in [-0.3, -0.25) is 9.48 Å². The van der Waals surface area contributed by atoms with Gasteiger partial charge in [-0.15, -0.1) is 0 Å². The average Bonchev–Trinajstić information content (AvgIpc) is 3.37. The third-order valence-corrected chi connectivity index (χ3v) is 5.76. The van der Waals surface area contributed by atoms with E-state index in [4.69, 9.17) is 32.4 Å². The SMILES string of the molecule is O=C(Nc1nn(Cc2ccc(F)cc2)cc1Br)c1ccc(COc2cccc(Cl)c2Cl)o1. The van der Waals surface area contributed by atoms with Crippen LogP contribution in [0.3, 0.4) is 0 Å². The first kappa shape index (κ1) is 22.4. The van der Waals surface area contributed by atoms with Gasteiger partial charge in [-0.1, -0.05) is 41.4 Å². The molecule has 0 saturated heterocycles. The van der Waals surface area contributed by atoms with Gasteiger partial charge in [-0.25, -0.2) is 4.39 Å². The Morgan fingerprint density at radius 1 is 1.16 bits per heavy atom.